The van der Waals surface area contributed by atoms with Crippen molar-refractivity contribution in [3.63, 3.8) is 0 Å². The van der Waals surface area contributed by atoms with Crippen LogP contribution < -0.4 is 5.32 Å². The maximum absolute atomic E-state index is 12.6. The van der Waals surface area contributed by atoms with Gasteiger partial charge in [-0.25, -0.2) is 4.98 Å². The fraction of sp³-hybridized carbons (Fsp3) is 0.389. The molecule has 0 unspecified atom stereocenters. The third kappa shape index (κ3) is 4.64. The van der Waals surface area contributed by atoms with Gasteiger partial charge in [0.25, 0.3) is 0 Å². The van der Waals surface area contributed by atoms with Crippen molar-refractivity contribution in [2.45, 2.75) is 39.9 Å². The summed E-state index contributed by atoms with van der Waals surface area (Å²) in [5.74, 6) is 0.0747. The molecule has 0 radical (unpaired) electrons. The van der Waals surface area contributed by atoms with Gasteiger partial charge in [0.1, 0.15) is 0 Å². The summed E-state index contributed by atoms with van der Waals surface area (Å²) >= 11 is 6.24. The van der Waals surface area contributed by atoms with E-state index in [-0.39, 0.29) is 34.5 Å². The van der Waals surface area contributed by atoms with Crippen LogP contribution in [0.15, 0.2) is 28.9 Å². The molecule has 0 aromatic carbocycles. The molecule has 3 heterocycles. The number of fused-ring (bicyclic) bond motifs is 1. The maximum atomic E-state index is 12.6. The highest BCUT2D eigenvalue weighted by atomic mass is 35.5. The lowest BCUT2D eigenvalue weighted by atomic mass is 9.92. The molecule has 0 saturated heterocycles. The highest BCUT2D eigenvalue weighted by Gasteiger charge is 2.35. The smallest absolute Gasteiger partial charge is 0.359 e. The third-order valence-electron chi connectivity index (χ3n) is 3.83. The number of alkyl halides is 3. The van der Waals surface area contributed by atoms with Gasteiger partial charge in [-0.05, 0) is 17.5 Å². The van der Waals surface area contributed by atoms with Crippen LogP contribution in [0.5, 0.6) is 0 Å². The van der Waals surface area contributed by atoms with E-state index >= 15 is 0 Å². The first-order valence-electron chi connectivity index (χ1n) is 8.40. The number of amides is 1. The van der Waals surface area contributed by atoms with E-state index in [1.807, 2.05) is 20.8 Å². The van der Waals surface area contributed by atoms with Gasteiger partial charge >= 0.3 is 6.18 Å². The van der Waals surface area contributed by atoms with E-state index in [9.17, 15) is 18.0 Å². The standard InChI is InChI=1S/C18H18ClF3N4O2/c1-17(2,3)8-15(27)24-16-11(19)7-13-12(23-16)4-5-26(13)9-10-6-14(25-28-10)18(20,21)22/h4-7H,8-9H2,1-3H3,(H,23,24,27). The van der Waals surface area contributed by atoms with E-state index in [1.54, 1.807) is 22.9 Å². The molecule has 10 heteroatoms. The molecule has 0 spiro atoms. The molecule has 0 aliphatic rings. The van der Waals surface area contributed by atoms with Crippen LogP contribution >= 0.6 is 11.6 Å². The number of halogens is 4. The Balaban J connectivity index is 1.82. The summed E-state index contributed by atoms with van der Waals surface area (Å²) in [4.78, 5) is 16.5. The zero-order valence-corrected chi connectivity index (χ0v) is 16.1. The van der Waals surface area contributed by atoms with Crippen LogP contribution in [-0.2, 0) is 17.5 Å². The molecule has 0 aliphatic carbocycles. The number of carbonyl (C=O) groups is 1. The van der Waals surface area contributed by atoms with Gasteiger partial charge in [-0.3, -0.25) is 4.79 Å². The van der Waals surface area contributed by atoms with E-state index in [2.05, 4.69) is 15.5 Å². The molecule has 3 rings (SSSR count). The van der Waals surface area contributed by atoms with Crippen molar-refractivity contribution in [1.82, 2.24) is 14.7 Å². The first-order valence-corrected chi connectivity index (χ1v) is 8.78. The van der Waals surface area contributed by atoms with Gasteiger partial charge in [-0.15, -0.1) is 0 Å². The lowest BCUT2D eigenvalue weighted by Crippen LogP contribution is -2.20. The van der Waals surface area contributed by atoms with Crippen LogP contribution in [0, 0.1) is 5.41 Å². The molecular weight excluding hydrogens is 397 g/mol. The fourth-order valence-corrected chi connectivity index (χ4v) is 2.85. The molecule has 1 N–H and O–H groups in total. The highest BCUT2D eigenvalue weighted by molar-refractivity contribution is 6.34. The molecule has 28 heavy (non-hydrogen) atoms. The second-order valence-corrected chi connectivity index (χ2v) is 8.04. The zero-order chi connectivity index (χ0) is 20.7. The average molecular weight is 415 g/mol. The highest BCUT2D eigenvalue weighted by Crippen LogP contribution is 2.30. The Bertz CT molecular complexity index is 1020. The Morgan fingerprint density at radius 2 is 2.00 bits per heavy atom. The Morgan fingerprint density at radius 3 is 2.61 bits per heavy atom. The molecule has 1 amide bonds. The van der Waals surface area contributed by atoms with Crippen LogP contribution in [0.2, 0.25) is 5.02 Å². The van der Waals surface area contributed by atoms with E-state index in [0.29, 0.717) is 17.5 Å². The van der Waals surface area contributed by atoms with Crippen LogP contribution in [0.25, 0.3) is 11.0 Å². The third-order valence-corrected chi connectivity index (χ3v) is 4.12. The topological polar surface area (TPSA) is 73.0 Å². The van der Waals surface area contributed by atoms with Gasteiger partial charge in [0.2, 0.25) is 5.91 Å². The van der Waals surface area contributed by atoms with Crippen LogP contribution in [-0.4, -0.2) is 20.6 Å². The SMILES string of the molecule is CC(C)(C)CC(=O)Nc1nc2ccn(Cc3cc(C(F)(F)F)no3)c2cc1Cl. The number of hydrogen-bond acceptors (Lipinski definition) is 4. The Kier molecular flexibility index (Phi) is 5.14. The largest absolute Gasteiger partial charge is 0.436 e. The minimum Gasteiger partial charge on any atom is -0.359 e. The molecule has 0 saturated carbocycles. The normalized spacial score (nSPS) is 12.5. The number of anilines is 1. The number of rotatable bonds is 4. The summed E-state index contributed by atoms with van der Waals surface area (Å²) in [7, 11) is 0. The zero-order valence-electron chi connectivity index (χ0n) is 15.4. The predicted molar refractivity (Wildman–Crippen MR) is 98.1 cm³/mol. The van der Waals surface area contributed by atoms with Gasteiger partial charge in [-0.2, -0.15) is 13.2 Å². The van der Waals surface area contributed by atoms with Crippen molar-refractivity contribution in [2.75, 3.05) is 5.32 Å². The minimum atomic E-state index is -4.56. The van der Waals surface area contributed by atoms with Gasteiger partial charge in [-0.1, -0.05) is 37.5 Å². The fourth-order valence-electron chi connectivity index (χ4n) is 2.66. The lowest BCUT2D eigenvalue weighted by Gasteiger charge is -2.17. The Hall–Kier alpha value is -2.55. The number of nitrogens with zero attached hydrogens (tertiary/aromatic N) is 3. The van der Waals surface area contributed by atoms with E-state index in [0.717, 1.165) is 6.07 Å². The summed E-state index contributed by atoms with van der Waals surface area (Å²) in [5.41, 5.74) is -0.148. The van der Waals surface area contributed by atoms with Crippen molar-refractivity contribution in [1.29, 1.82) is 0 Å². The number of nitrogens with one attached hydrogen (secondary N) is 1. The van der Waals surface area contributed by atoms with Crippen LogP contribution in [0.1, 0.15) is 38.6 Å². The molecule has 0 bridgehead atoms. The summed E-state index contributed by atoms with van der Waals surface area (Å²) < 4.78 is 44.3. The average Bonchev–Trinajstić information content (AvgIpc) is 3.14. The molecule has 3 aromatic heterocycles. The van der Waals surface area contributed by atoms with Crippen molar-refractivity contribution >= 4 is 34.4 Å². The second kappa shape index (κ2) is 7.12. The van der Waals surface area contributed by atoms with Gasteiger partial charge in [0.05, 0.1) is 22.6 Å². The maximum Gasteiger partial charge on any atom is 0.436 e. The van der Waals surface area contributed by atoms with E-state index in [4.69, 9.17) is 16.1 Å². The quantitative estimate of drug-likeness (QED) is 0.643. The van der Waals surface area contributed by atoms with Crippen molar-refractivity contribution in [3.8, 4) is 0 Å². The first-order chi connectivity index (χ1) is 12.9. The summed E-state index contributed by atoms with van der Waals surface area (Å²) in [6.45, 7) is 5.86. The molecule has 3 aromatic rings. The summed E-state index contributed by atoms with van der Waals surface area (Å²) in [5, 5.41) is 5.96. The van der Waals surface area contributed by atoms with Crippen molar-refractivity contribution in [2.24, 2.45) is 5.41 Å². The molecule has 0 atom stereocenters. The van der Waals surface area contributed by atoms with Gasteiger partial charge in [0.15, 0.2) is 17.3 Å². The number of aromatic nitrogens is 3. The molecule has 0 aliphatic heterocycles. The van der Waals surface area contributed by atoms with Gasteiger partial charge < -0.3 is 14.4 Å². The summed E-state index contributed by atoms with van der Waals surface area (Å²) in [6.07, 6.45) is -2.62. The van der Waals surface area contributed by atoms with Crippen molar-refractivity contribution in [3.05, 3.63) is 40.9 Å². The first kappa shape index (κ1) is 20.2. The summed E-state index contributed by atoms with van der Waals surface area (Å²) in [6, 6.07) is 4.12. The van der Waals surface area contributed by atoms with Crippen LogP contribution in [0.4, 0.5) is 19.0 Å². The van der Waals surface area contributed by atoms with E-state index < -0.39 is 11.9 Å². The second-order valence-electron chi connectivity index (χ2n) is 7.63. The Morgan fingerprint density at radius 1 is 1.29 bits per heavy atom. The molecule has 0 fully saturated rings. The number of hydrogen-bond donors (Lipinski definition) is 1. The Labute approximate surface area is 163 Å². The monoisotopic (exact) mass is 414 g/mol. The van der Waals surface area contributed by atoms with Crippen LogP contribution in [0.3, 0.4) is 0 Å². The minimum absolute atomic E-state index is 0.0281. The van der Waals surface area contributed by atoms with E-state index in [1.165, 1.54) is 0 Å². The number of pyridine rings is 1. The number of carbonyl (C=O) groups excluding carboxylic acids is 1. The molecular formula is C18H18ClF3N4O2. The molecule has 150 valence electrons. The predicted octanol–water partition coefficient (Wildman–Crippen LogP) is 5.12. The van der Waals surface area contributed by atoms with Gasteiger partial charge in [0, 0.05) is 18.7 Å². The molecule has 6 nitrogen and oxygen atoms in total. The van der Waals surface area contributed by atoms with Crippen molar-refractivity contribution < 1.29 is 22.5 Å². The lowest BCUT2D eigenvalue weighted by molar-refractivity contribution is -0.142.